The Balaban J connectivity index is 2.63. The van der Waals surface area contributed by atoms with Gasteiger partial charge in [0.1, 0.15) is 5.82 Å². The maximum atomic E-state index is 11.6. The summed E-state index contributed by atoms with van der Waals surface area (Å²) < 4.78 is 0. The minimum Gasteiger partial charge on any atom is -0.361 e. The van der Waals surface area contributed by atoms with Crippen molar-refractivity contribution < 1.29 is 0 Å². The second-order valence-electron chi connectivity index (χ2n) is 3.72. The number of aromatic nitrogens is 1. The van der Waals surface area contributed by atoms with Crippen LogP contribution in [0.3, 0.4) is 0 Å². The number of pyridine rings is 1. The second kappa shape index (κ2) is 2.91. The first kappa shape index (κ1) is 8.35. The number of hydrogen-bond donors (Lipinski definition) is 1. The molecular formula is C10H14N2O. The van der Waals surface area contributed by atoms with Gasteiger partial charge in [-0.15, -0.1) is 0 Å². The summed E-state index contributed by atoms with van der Waals surface area (Å²) in [6.45, 7) is 3.13. The minimum atomic E-state index is 0.160. The molecule has 0 aromatic carbocycles. The smallest absolute Gasteiger partial charge is 0.187 e. The molecule has 0 spiro atoms. The van der Waals surface area contributed by atoms with Crippen LogP contribution >= 0.6 is 0 Å². The van der Waals surface area contributed by atoms with Gasteiger partial charge in [0.2, 0.25) is 0 Å². The Labute approximate surface area is 77.4 Å². The summed E-state index contributed by atoms with van der Waals surface area (Å²) >= 11 is 0. The maximum Gasteiger partial charge on any atom is 0.187 e. The van der Waals surface area contributed by atoms with E-state index in [1.165, 1.54) is 0 Å². The van der Waals surface area contributed by atoms with E-state index in [2.05, 4.69) is 16.8 Å². The van der Waals surface area contributed by atoms with Crippen LogP contribution < -0.4 is 10.3 Å². The zero-order valence-corrected chi connectivity index (χ0v) is 8.00. The quantitative estimate of drug-likeness (QED) is 0.650. The molecule has 0 saturated heterocycles. The molecule has 0 radical (unpaired) electrons. The number of anilines is 1. The Kier molecular flexibility index (Phi) is 1.87. The summed E-state index contributed by atoms with van der Waals surface area (Å²) in [6.07, 6.45) is 2.78. The van der Waals surface area contributed by atoms with Crippen molar-refractivity contribution in [1.82, 2.24) is 4.98 Å². The Hall–Kier alpha value is -1.25. The van der Waals surface area contributed by atoms with E-state index in [0.29, 0.717) is 5.92 Å². The van der Waals surface area contributed by atoms with Crippen LogP contribution in [0.5, 0.6) is 0 Å². The first-order valence-electron chi connectivity index (χ1n) is 4.63. The zero-order valence-electron chi connectivity index (χ0n) is 8.00. The van der Waals surface area contributed by atoms with E-state index in [0.717, 1.165) is 24.3 Å². The average molecular weight is 178 g/mol. The summed E-state index contributed by atoms with van der Waals surface area (Å²) in [5.74, 6) is 1.38. The van der Waals surface area contributed by atoms with Crippen LogP contribution in [-0.4, -0.2) is 18.6 Å². The molecule has 0 bridgehead atoms. The van der Waals surface area contributed by atoms with Gasteiger partial charge in [-0.25, -0.2) is 0 Å². The summed E-state index contributed by atoms with van der Waals surface area (Å²) in [7, 11) is 2.01. The third-order valence-electron chi connectivity index (χ3n) is 2.75. The molecule has 1 N–H and O–H groups in total. The minimum absolute atomic E-state index is 0.160. The number of nitrogens with zero attached hydrogens (tertiary/aromatic N) is 1. The molecule has 0 fully saturated rings. The fourth-order valence-corrected chi connectivity index (χ4v) is 1.92. The third-order valence-corrected chi connectivity index (χ3v) is 2.75. The molecule has 0 amide bonds. The van der Waals surface area contributed by atoms with Crippen molar-refractivity contribution in [3.8, 4) is 0 Å². The summed E-state index contributed by atoms with van der Waals surface area (Å²) in [5, 5.41) is 0. The number of rotatable bonds is 0. The molecule has 0 saturated carbocycles. The van der Waals surface area contributed by atoms with Crippen molar-refractivity contribution in [2.24, 2.45) is 0 Å². The molecule has 70 valence electrons. The predicted molar refractivity (Wildman–Crippen MR) is 53.4 cm³/mol. The van der Waals surface area contributed by atoms with Crippen molar-refractivity contribution >= 4 is 5.82 Å². The van der Waals surface area contributed by atoms with Gasteiger partial charge >= 0.3 is 0 Å². The molecule has 1 aromatic heterocycles. The lowest BCUT2D eigenvalue weighted by Crippen LogP contribution is -2.31. The van der Waals surface area contributed by atoms with Gasteiger partial charge in [-0.05, 0) is 12.3 Å². The number of hydrogen-bond acceptors (Lipinski definition) is 2. The highest BCUT2D eigenvalue weighted by molar-refractivity contribution is 5.49. The first-order chi connectivity index (χ1) is 6.20. The number of nitrogens with one attached hydrogen (secondary N) is 1. The van der Waals surface area contributed by atoms with Gasteiger partial charge in [0.05, 0.1) is 0 Å². The van der Waals surface area contributed by atoms with Crippen LogP contribution in [-0.2, 0) is 0 Å². The van der Waals surface area contributed by atoms with Crippen LogP contribution in [0.4, 0.5) is 5.82 Å². The fraction of sp³-hybridized carbons (Fsp3) is 0.500. The van der Waals surface area contributed by atoms with Gasteiger partial charge in [0.15, 0.2) is 5.43 Å². The summed E-state index contributed by atoms with van der Waals surface area (Å²) in [6, 6.07) is 1.61. The topological polar surface area (TPSA) is 36.1 Å². The highest BCUT2D eigenvalue weighted by atomic mass is 16.1. The molecule has 1 atom stereocenters. The van der Waals surface area contributed by atoms with Gasteiger partial charge in [-0.1, -0.05) is 6.92 Å². The Morgan fingerprint density at radius 2 is 2.38 bits per heavy atom. The molecule has 3 nitrogen and oxygen atoms in total. The molecule has 3 heteroatoms. The SMILES string of the molecule is CC1CCN(C)c2[nH]ccc(=O)c21. The Morgan fingerprint density at radius 3 is 3.08 bits per heavy atom. The van der Waals surface area contributed by atoms with Crippen LogP contribution in [0.25, 0.3) is 0 Å². The van der Waals surface area contributed by atoms with Crippen LogP contribution in [0.2, 0.25) is 0 Å². The highest BCUT2D eigenvalue weighted by Gasteiger charge is 2.22. The van der Waals surface area contributed by atoms with Crippen molar-refractivity contribution in [2.45, 2.75) is 19.3 Å². The fourth-order valence-electron chi connectivity index (χ4n) is 1.92. The van der Waals surface area contributed by atoms with Crippen LogP contribution in [0, 0.1) is 0 Å². The molecule has 1 aromatic rings. The molecule has 13 heavy (non-hydrogen) atoms. The monoisotopic (exact) mass is 178 g/mol. The van der Waals surface area contributed by atoms with E-state index in [-0.39, 0.29) is 5.43 Å². The maximum absolute atomic E-state index is 11.6. The molecule has 0 aliphatic carbocycles. The van der Waals surface area contributed by atoms with Crippen molar-refractivity contribution in [3.05, 3.63) is 28.0 Å². The third kappa shape index (κ3) is 1.24. The van der Waals surface area contributed by atoms with Crippen LogP contribution in [0.1, 0.15) is 24.8 Å². The van der Waals surface area contributed by atoms with E-state index in [1.807, 2.05) is 7.05 Å². The van der Waals surface area contributed by atoms with Gasteiger partial charge < -0.3 is 9.88 Å². The van der Waals surface area contributed by atoms with Crippen molar-refractivity contribution in [2.75, 3.05) is 18.5 Å². The van der Waals surface area contributed by atoms with Gasteiger partial charge in [0, 0.05) is 31.4 Å². The van der Waals surface area contributed by atoms with E-state index >= 15 is 0 Å². The standard InChI is InChI=1S/C10H14N2O/c1-7-4-6-12(2)10-9(7)8(13)3-5-11-10/h3,5,7H,4,6H2,1-2H3,(H,11,13). The molecule has 1 aliphatic heterocycles. The normalized spacial score (nSPS) is 21.4. The lowest BCUT2D eigenvalue weighted by molar-refractivity contribution is 0.624. The molecule has 1 unspecified atom stereocenters. The summed E-state index contributed by atoms with van der Waals surface area (Å²) in [4.78, 5) is 16.8. The van der Waals surface area contributed by atoms with Crippen molar-refractivity contribution in [1.29, 1.82) is 0 Å². The Morgan fingerprint density at radius 1 is 1.62 bits per heavy atom. The van der Waals surface area contributed by atoms with Gasteiger partial charge in [0.25, 0.3) is 0 Å². The van der Waals surface area contributed by atoms with Gasteiger partial charge in [-0.2, -0.15) is 0 Å². The average Bonchev–Trinajstić information content (AvgIpc) is 2.12. The highest BCUT2D eigenvalue weighted by Crippen LogP contribution is 2.28. The predicted octanol–water partition coefficient (Wildman–Crippen LogP) is 1.32. The molecule has 2 rings (SSSR count). The number of fused-ring (bicyclic) bond motifs is 1. The molecule has 1 aliphatic rings. The largest absolute Gasteiger partial charge is 0.361 e. The Bertz CT molecular complexity index is 369. The lowest BCUT2D eigenvalue weighted by atomic mass is 9.94. The number of aromatic amines is 1. The molecule has 2 heterocycles. The van der Waals surface area contributed by atoms with Crippen molar-refractivity contribution in [3.63, 3.8) is 0 Å². The number of H-pyrrole nitrogens is 1. The lowest BCUT2D eigenvalue weighted by Gasteiger charge is -2.30. The van der Waals surface area contributed by atoms with Gasteiger partial charge in [-0.3, -0.25) is 4.79 Å². The van der Waals surface area contributed by atoms with E-state index < -0.39 is 0 Å². The molecular weight excluding hydrogens is 164 g/mol. The van der Waals surface area contributed by atoms with E-state index in [9.17, 15) is 4.79 Å². The zero-order chi connectivity index (χ0) is 9.42. The van der Waals surface area contributed by atoms with Crippen LogP contribution in [0.15, 0.2) is 17.1 Å². The van der Waals surface area contributed by atoms with E-state index in [4.69, 9.17) is 0 Å². The second-order valence-corrected chi connectivity index (χ2v) is 3.72. The summed E-state index contributed by atoms with van der Waals surface area (Å²) in [5.41, 5.74) is 1.10. The first-order valence-corrected chi connectivity index (χ1v) is 4.63. The van der Waals surface area contributed by atoms with E-state index in [1.54, 1.807) is 12.3 Å².